The molecule has 0 aromatic carbocycles. The number of aromatic nitrogens is 2. The number of alkyl halides is 1. The van der Waals surface area contributed by atoms with Crippen molar-refractivity contribution in [3.8, 4) is 0 Å². The van der Waals surface area contributed by atoms with E-state index < -0.39 is 0 Å². The first-order valence-corrected chi connectivity index (χ1v) is 15.4. The summed E-state index contributed by atoms with van der Waals surface area (Å²) in [5, 5.41) is 3.50. The zero-order valence-corrected chi connectivity index (χ0v) is 22.2. The topological polar surface area (TPSA) is 88.0 Å². The fourth-order valence-electron chi connectivity index (χ4n) is 4.01. The van der Waals surface area contributed by atoms with Crippen molar-refractivity contribution in [2.24, 2.45) is 11.1 Å². The fraction of sp³-hybridized carbons (Fsp3) is 0.571. The molecule has 1 aromatic heterocycles. The number of nitrogens with zero attached hydrogens (tertiary/aromatic N) is 3. The van der Waals surface area contributed by atoms with Gasteiger partial charge in [-0.2, -0.15) is 0 Å². The van der Waals surface area contributed by atoms with Gasteiger partial charge in [-0.1, -0.05) is 27.2 Å². The van der Waals surface area contributed by atoms with Gasteiger partial charge in [0.25, 0.3) is 0 Å². The van der Waals surface area contributed by atoms with Crippen LogP contribution in [-0.4, -0.2) is 26.7 Å². The van der Waals surface area contributed by atoms with Crippen LogP contribution in [0.3, 0.4) is 0 Å². The molecule has 0 saturated carbocycles. The van der Waals surface area contributed by atoms with E-state index in [1.54, 1.807) is 0 Å². The molecule has 2 unspecified atom stereocenters. The number of carbonyl (C=O) groups is 1. The average molecular weight is 637 g/mol. The minimum Gasteiger partial charge on any atom is -0.365 e. The predicted octanol–water partition coefficient (Wildman–Crippen LogP) is 0.130. The molecule has 0 spiro atoms. The van der Waals surface area contributed by atoms with Gasteiger partial charge < -0.3 is 11.1 Å². The van der Waals surface area contributed by atoms with E-state index in [0.717, 1.165) is 52.4 Å². The summed E-state index contributed by atoms with van der Waals surface area (Å²) in [6.07, 6.45) is 9.98. The van der Waals surface area contributed by atoms with Crippen molar-refractivity contribution in [1.29, 1.82) is 0 Å². The summed E-state index contributed by atoms with van der Waals surface area (Å²) in [5.41, 5.74) is 13.4. The van der Waals surface area contributed by atoms with Crippen molar-refractivity contribution in [2.75, 3.05) is 4.55 Å². The van der Waals surface area contributed by atoms with Gasteiger partial charge in [0, 0.05) is 5.41 Å². The van der Waals surface area contributed by atoms with Crippen LogP contribution in [0.5, 0.6) is 0 Å². The monoisotopic (exact) mass is 637 g/mol. The third-order valence-electron chi connectivity index (χ3n) is 6.10. The molecule has 1 saturated heterocycles. The number of carbonyl (C=O) groups excluding carboxylic acids is 1. The van der Waals surface area contributed by atoms with Crippen molar-refractivity contribution >= 4 is 36.3 Å². The number of nitrogens with two attached hydrogens (primary N) is 1. The number of hydrogen-bond acceptors (Lipinski definition) is 5. The number of fused-ring (bicyclic) bond motifs is 1. The minimum atomic E-state index is -0.330. The Morgan fingerprint density at radius 2 is 2.27 bits per heavy atom. The van der Waals surface area contributed by atoms with Crippen LogP contribution in [-0.2, 0) is 11.2 Å². The Kier molecular flexibility index (Phi) is 7.00. The molecule has 3 atom stereocenters. The fourth-order valence-corrected chi connectivity index (χ4v) is 7.05. The maximum atomic E-state index is 12.3. The Morgan fingerprint density at radius 3 is 2.90 bits per heavy atom. The van der Waals surface area contributed by atoms with Gasteiger partial charge in [-0.05, 0) is 12.8 Å². The first kappa shape index (κ1) is 22.4. The van der Waals surface area contributed by atoms with Gasteiger partial charge in [-0.15, -0.1) is 0 Å². The van der Waals surface area contributed by atoms with E-state index in [1.807, 2.05) is 6.20 Å². The zero-order chi connectivity index (χ0) is 21.3. The van der Waals surface area contributed by atoms with Crippen LogP contribution in [0.1, 0.15) is 70.6 Å². The molecular formula is C21H31I2N6O-. The van der Waals surface area contributed by atoms with Gasteiger partial charge in [-0.3, -0.25) is 0 Å². The molecule has 7 nitrogen and oxygen atoms in total. The number of hydrogen-bond donors (Lipinski definition) is 3. The third-order valence-corrected chi connectivity index (χ3v) is 10.7. The summed E-state index contributed by atoms with van der Waals surface area (Å²) in [4.78, 5) is 16.9. The molecule has 0 bridgehead atoms. The van der Waals surface area contributed by atoms with Crippen molar-refractivity contribution in [2.45, 2.75) is 65.5 Å². The standard InChI is InChI=1S/C21H31I2N6O/c1-4-8-21(3,5-2)17-12-28-15(11-25-19(28)18(24)26-17)9-14-6-7-16(22-10-14)20(30)27-29-13-23-29/h10-12,18,26H,4-9,13,24H2,1-3H3,(H,27,30)/q-1/t18?,21-,29?/m1/s1. The van der Waals surface area contributed by atoms with Gasteiger partial charge in [0.05, 0.1) is 0 Å². The predicted molar refractivity (Wildman–Crippen MR) is 125 cm³/mol. The Labute approximate surface area is 199 Å². The minimum absolute atomic E-state index is 0.0955. The second-order valence-corrected chi connectivity index (χ2v) is 13.4. The van der Waals surface area contributed by atoms with E-state index in [2.05, 4.69) is 54.6 Å². The van der Waals surface area contributed by atoms with Gasteiger partial charge in [-0.25, -0.2) is 0 Å². The quantitative estimate of drug-likeness (QED) is 0.124. The van der Waals surface area contributed by atoms with Crippen molar-refractivity contribution < 1.29 is 26.3 Å². The first-order valence-electron chi connectivity index (χ1n) is 10.6. The molecule has 0 aliphatic carbocycles. The Bertz CT molecular complexity index is 917. The van der Waals surface area contributed by atoms with Crippen molar-refractivity contribution in [3.05, 3.63) is 33.1 Å². The molecule has 3 aliphatic rings. The Morgan fingerprint density at radius 1 is 1.47 bits per heavy atom. The van der Waals surface area contributed by atoms with E-state index in [1.165, 1.54) is 17.0 Å². The van der Waals surface area contributed by atoms with Gasteiger partial charge in [0.2, 0.25) is 0 Å². The summed E-state index contributed by atoms with van der Waals surface area (Å²) >= 11 is -0.222. The third kappa shape index (κ3) is 4.83. The van der Waals surface area contributed by atoms with Crippen LogP contribution in [0.25, 0.3) is 6.20 Å². The molecule has 4 rings (SSSR count). The molecular weight excluding hydrogens is 606 g/mol. The molecule has 30 heavy (non-hydrogen) atoms. The molecule has 9 heteroatoms. The van der Waals surface area contributed by atoms with Crippen LogP contribution in [0.15, 0.2) is 21.5 Å². The molecule has 0 radical (unpaired) electrons. The van der Waals surface area contributed by atoms with E-state index in [-0.39, 0.29) is 59.7 Å². The smallest absolute Gasteiger partial charge is 0.365 e. The number of imidazole rings is 1. The van der Waals surface area contributed by atoms with E-state index in [0.29, 0.717) is 0 Å². The normalized spacial score (nSPS) is 25.1. The summed E-state index contributed by atoms with van der Waals surface area (Å²) in [5.74, 6) is 1.04. The Hall–Kier alpha value is -0.790. The van der Waals surface area contributed by atoms with E-state index in [4.69, 9.17) is 5.73 Å². The van der Waals surface area contributed by atoms with Crippen molar-refractivity contribution in [3.63, 3.8) is 0 Å². The molecule has 166 valence electrons. The number of hydrazine groups is 1. The van der Waals surface area contributed by atoms with Crippen LogP contribution in [0.2, 0.25) is 0 Å². The molecule has 1 fully saturated rings. The van der Waals surface area contributed by atoms with E-state index in [9.17, 15) is 4.79 Å². The molecule has 1 aromatic rings. The van der Waals surface area contributed by atoms with Crippen molar-refractivity contribution in [1.82, 2.24) is 23.5 Å². The van der Waals surface area contributed by atoms with Gasteiger partial charge >= 0.3 is 144 Å². The summed E-state index contributed by atoms with van der Waals surface area (Å²) in [6, 6.07) is 0. The number of halogens is 2. The van der Waals surface area contributed by atoms with Crippen LogP contribution >= 0.6 is 20.7 Å². The van der Waals surface area contributed by atoms with Crippen LogP contribution < -0.4 is 38.0 Å². The average Bonchev–Trinajstić information content (AvgIpc) is 3.47. The van der Waals surface area contributed by atoms with Gasteiger partial charge in [0.15, 0.2) is 0 Å². The maximum absolute atomic E-state index is 12.3. The summed E-state index contributed by atoms with van der Waals surface area (Å²) < 4.78 is 8.81. The van der Waals surface area contributed by atoms with Crippen LogP contribution in [0.4, 0.5) is 0 Å². The number of allylic oxidation sites excluding steroid dienone is 2. The molecule has 4 N–H and O–H groups in total. The van der Waals surface area contributed by atoms with Crippen LogP contribution in [0, 0.1) is 5.41 Å². The Balaban J connectivity index is 1.53. The molecule has 3 aliphatic heterocycles. The SMILES string of the molecule is CCC[C@@](C)(CC)C1=Cn2c(CC3=CI=C(C(=O)NN4C[I-]4)CC3)cnc2C(N)N1. The second-order valence-electron chi connectivity index (χ2n) is 8.31. The first-order chi connectivity index (χ1) is 14.4. The summed E-state index contributed by atoms with van der Waals surface area (Å²) in [6.45, 7) is 6.80. The number of rotatable bonds is 8. The van der Waals surface area contributed by atoms with E-state index >= 15 is 0 Å². The molecule has 4 heterocycles. The number of nitrogens with one attached hydrogen (secondary N) is 2. The summed E-state index contributed by atoms with van der Waals surface area (Å²) in [7, 11) is 0. The molecule has 1 amide bonds. The second kappa shape index (κ2) is 9.37. The van der Waals surface area contributed by atoms with Gasteiger partial charge in [0.1, 0.15) is 0 Å². The number of amides is 1. The zero-order valence-electron chi connectivity index (χ0n) is 17.8.